The Bertz CT molecular complexity index is 440. The molecule has 0 heterocycles. The van der Waals surface area contributed by atoms with Gasteiger partial charge in [0, 0.05) is 18.6 Å². The average Bonchev–Trinajstić information content (AvgIpc) is 2.37. The first-order chi connectivity index (χ1) is 8.62. The largest absolute Gasteiger partial charge is 0.497 e. The van der Waals surface area contributed by atoms with Crippen molar-refractivity contribution in [3.63, 3.8) is 0 Å². The monoisotopic (exact) mass is 254 g/mol. The van der Waals surface area contributed by atoms with Gasteiger partial charge in [-0.05, 0) is 6.07 Å². The second-order valence-corrected chi connectivity index (χ2v) is 3.31. The minimum atomic E-state index is -0.436. The second-order valence-electron chi connectivity index (χ2n) is 3.31. The van der Waals surface area contributed by atoms with Gasteiger partial charge in [0.1, 0.15) is 12.4 Å². The van der Waals surface area contributed by atoms with Crippen molar-refractivity contribution in [1.82, 2.24) is 0 Å². The van der Waals surface area contributed by atoms with Gasteiger partial charge < -0.3 is 18.9 Å². The molecule has 1 rings (SSSR count). The lowest BCUT2D eigenvalue weighted by Gasteiger charge is -2.13. The van der Waals surface area contributed by atoms with Gasteiger partial charge in [0.2, 0.25) is 0 Å². The third-order valence-corrected chi connectivity index (χ3v) is 2.16. The number of carbonyl (C=O) groups is 2. The van der Waals surface area contributed by atoms with Crippen LogP contribution < -0.4 is 14.2 Å². The Morgan fingerprint density at radius 2 is 2.00 bits per heavy atom. The molecule has 1 aromatic rings. The van der Waals surface area contributed by atoms with Gasteiger partial charge in [-0.15, -0.1) is 0 Å². The van der Waals surface area contributed by atoms with Crippen LogP contribution in [0.3, 0.4) is 0 Å². The standard InChI is InChI=1S/C12H14O6/c1-8(14)17-6-9-4-10(15-2)5-11(16-3)12(9)18-7-13/h4-5,7H,6H2,1-3H3. The van der Waals surface area contributed by atoms with Crippen LogP contribution >= 0.6 is 0 Å². The third-order valence-electron chi connectivity index (χ3n) is 2.16. The first-order valence-electron chi connectivity index (χ1n) is 5.11. The van der Waals surface area contributed by atoms with Crippen molar-refractivity contribution in [2.24, 2.45) is 0 Å². The minimum absolute atomic E-state index is 0.0356. The maximum atomic E-state index is 10.8. The summed E-state index contributed by atoms with van der Waals surface area (Å²) >= 11 is 0. The lowest BCUT2D eigenvalue weighted by Crippen LogP contribution is -2.04. The van der Waals surface area contributed by atoms with Crippen LogP contribution in [-0.2, 0) is 20.9 Å². The van der Waals surface area contributed by atoms with E-state index in [0.717, 1.165) is 0 Å². The number of ether oxygens (including phenoxy) is 4. The van der Waals surface area contributed by atoms with E-state index in [1.807, 2.05) is 0 Å². The van der Waals surface area contributed by atoms with Gasteiger partial charge in [-0.2, -0.15) is 0 Å². The fourth-order valence-electron chi connectivity index (χ4n) is 1.37. The summed E-state index contributed by atoms with van der Waals surface area (Å²) in [6, 6.07) is 3.17. The van der Waals surface area contributed by atoms with E-state index in [4.69, 9.17) is 18.9 Å². The molecule has 0 saturated carbocycles. The van der Waals surface area contributed by atoms with Crippen molar-refractivity contribution >= 4 is 12.4 Å². The molecule has 0 amide bonds. The van der Waals surface area contributed by atoms with Crippen molar-refractivity contribution in [2.75, 3.05) is 14.2 Å². The summed E-state index contributed by atoms with van der Waals surface area (Å²) in [4.78, 5) is 21.3. The Kier molecular flexibility index (Phi) is 4.98. The lowest BCUT2D eigenvalue weighted by molar-refractivity contribution is -0.142. The number of benzene rings is 1. The number of methoxy groups -OCH3 is 2. The van der Waals surface area contributed by atoms with Gasteiger partial charge in [0.15, 0.2) is 11.5 Å². The highest BCUT2D eigenvalue weighted by Gasteiger charge is 2.15. The van der Waals surface area contributed by atoms with Crippen molar-refractivity contribution in [1.29, 1.82) is 0 Å². The molecule has 0 atom stereocenters. The highest BCUT2D eigenvalue weighted by molar-refractivity contribution is 5.66. The molecule has 0 radical (unpaired) electrons. The summed E-state index contributed by atoms with van der Waals surface area (Å²) in [5.41, 5.74) is 0.480. The molecule has 18 heavy (non-hydrogen) atoms. The lowest BCUT2D eigenvalue weighted by atomic mass is 10.2. The third kappa shape index (κ3) is 3.38. The SMILES string of the molecule is COc1cc(COC(C)=O)c(OC=O)c(OC)c1. The van der Waals surface area contributed by atoms with Crippen molar-refractivity contribution < 1.29 is 28.5 Å². The van der Waals surface area contributed by atoms with E-state index in [9.17, 15) is 9.59 Å². The summed E-state index contributed by atoms with van der Waals surface area (Å²) in [6.45, 7) is 1.53. The Morgan fingerprint density at radius 3 is 2.50 bits per heavy atom. The van der Waals surface area contributed by atoms with Crippen LogP contribution in [0, 0.1) is 0 Å². The molecule has 6 nitrogen and oxygen atoms in total. The van der Waals surface area contributed by atoms with Gasteiger partial charge in [-0.1, -0.05) is 0 Å². The molecule has 0 spiro atoms. The Balaban J connectivity index is 3.15. The maximum Gasteiger partial charge on any atom is 0.302 e. The molecule has 1 aromatic carbocycles. The van der Waals surface area contributed by atoms with E-state index in [0.29, 0.717) is 17.1 Å². The van der Waals surface area contributed by atoms with Gasteiger partial charge in [-0.25, -0.2) is 0 Å². The number of rotatable bonds is 6. The Hall–Kier alpha value is -2.24. The summed E-state index contributed by atoms with van der Waals surface area (Å²) in [7, 11) is 2.92. The molecule has 0 saturated heterocycles. The van der Waals surface area contributed by atoms with Crippen LogP contribution in [-0.4, -0.2) is 26.7 Å². The molecule has 0 aromatic heterocycles. The number of hydrogen-bond donors (Lipinski definition) is 0. The van der Waals surface area contributed by atoms with Crippen molar-refractivity contribution in [2.45, 2.75) is 13.5 Å². The van der Waals surface area contributed by atoms with E-state index in [1.54, 1.807) is 12.1 Å². The minimum Gasteiger partial charge on any atom is -0.497 e. The highest BCUT2D eigenvalue weighted by atomic mass is 16.6. The van der Waals surface area contributed by atoms with Crippen LogP contribution in [0.25, 0.3) is 0 Å². The first-order valence-corrected chi connectivity index (χ1v) is 5.11. The first kappa shape index (κ1) is 13.8. The second kappa shape index (κ2) is 6.48. The van der Waals surface area contributed by atoms with Gasteiger partial charge >= 0.3 is 5.97 Å². The topological polar surface area (TPSA) is 71.1 Å². The molecule has 0 aliphatic rings. The van der Waals surface area contributed by atoms with E-state index < -0.39 is 5.97 Å². The number of esters is 1. The molecule has 6 heteroatoms. The predicted octanol–water partition coefficient (Wildman–Crippen LogP) is 1.30. The van der Waals surface area contributed by atoms with Crippen LogP contribution in [0.15, 0.2) is 12.1 Å². The predicted molar refractivity (Wildman–Crippen MR) is 61.7 cm³/mol. The van der Waals surface area contributed by atoms with Crippen LogP contribution in [0.5, 0.6) is 17.2 Å². The molecule has 0 aliphatic heterocycles. The summed E-state index contributed by atoms with van der Waals surface area (Å²) in [6.07, 6.45) is 0. The summed E-state index contributed by atoms with van der Waals surface area (Å²) < 4.78 is 19.9. The van der Waals surface area contributed by atoms with E-state index >= 15 is 0 Å². The van der Waals surface area contributed by atoms with Gasteiger partial charge in [0.25, 0.3) is 6.47 Å². The van der Waals surface area contributed by atoms with Gasteiger partial charge in [-0.3, -0.25) is 9.59 Å². The zero-order valence-corrected chi connectivity index (χ0v) is 10.4. The van der Waals surface area contributed by atoms with E-state index in [1.165, 1.54) is 21.1 Å². The zero-order chi connectivity index (χ0) is 13.5. The summed E-state index contributed by atoms with van der Waals surface area (Å²) in [5, 5.41) is 0. The molecule has 0 fully saturated rings. The van der Waals surface area contributed by atoms with Crippen molar-refractivity contribution in [3.8, 4) is 17.2 Å². The smallest absolute Gasteiger partial charge is 0.302 e. The van der Waals surface area contributed by atoms with Crippen LogP contribution in [0.2, 0.25) is 0 Å². The molecular weight excluding hydrogens is 240 g/mol. The fourth-order valence-corrected chi connectivity index (χ4v) is 1.37. The zero-order valence-electron chi connectivity index (χ0n) is 10.4. The van der Waals surface area contributed by atoms with Gasteiger partial charge in [0.05, 0.1) is 14.2 Å². The quantitative estimate of drug-likeness (QED) is 0.563. The number of hydrogen-bond acceptors (Lipinski definition) is 6. The molecule has 0 unspecified atom stereocenters. The molecule has 98 valence electrons. The summed E-state index contributed by atoms with van der Waals surface area (Å²) in [5.74, 6) is 0.597. The Morgan fingerprint density at radius 1 is 1.28 bits per heavy atom. The van der Waals surface area contributed by atoms with Crippen LogP contribution in [0.4, 0.5) is 0 Å². The van der Waals surface area contributed by atoms with E-state index in [-0.39, 0.29) is 18.8 Å². The van der Waals surface area contributed by atoms with Crippen LogP contribution in [0.1, 0.15) is 12.5 Å². The van der Waals surface area contributed by atoms with E-state index in [2.05, 4.69) is 0 Å². The highest BCUT2D eigenvalue weighted by Crippen LogP contribution is 2.35. The molecule has 0 bridgehead atoms. The van der Waals surface area contributed by atoms with Crippen molar-refractivity contribution in [3.05, 3.63) is 17.7 Å². The number of carbonyl (C=O) groups excluding carboxylic acids is 2. The Labute approximate surface area is 104 Å². The fraction of sp³-hybridized carbons (Fsp3) is 0.333. The normalized spacial score (nSPS) is 9.50. The molecule has 0 aliphatic carbocycles. The maximum absolute atomic E-state index is 10.8. The average molecular weight is 254 g/mol. The molecular formula is C12H14O6. The molecule has 0 N–H and O–H groups in total.